The van der Waals surface area contributed by atoms with E-state index in [4.69, 9.17) is 0 Å². The van der Waals surface area contributed by atoms with Crippen LogP contribution in [-0.4, -0.2) is 25.7 Å². The number of nitrogens with zero attached hydrogens (tertiary/aromatic N) is 1. The molecule has 2 aliphatic rings. The molecule has 2 heteroatoms. The largest absolute Gasteiger partial charge is 0.367 e. The summed E-state index contributed by atoms with van der Waals surface area (Å²) >= 11 is 0. The Morgan fingerprint density at radius 1 is 1.36 bits per heavy atom. The van der Waals surface area contributed by atoms with Gasteiger partial charge in [0.2, 0.25) is 0 Å². The molecule has 1 spiro atoms. The first kappa shape index (κ1) is 8.30. The monoisotopic (exact) mass is 188 g/mol. The van der Waals surface area contributed by atoms with Crippen LogP contribution in [0.25, 0.3) is 0 Å². The molecule has 0 aliphatic carbocycles. The lowest BCUT2D eigenvalue weighted by Gasteiger charge is -2.33. The maximum Gasteiger partial charge on any atom is 0.0576 e. The normalized spacial score (nSPS) is 29.9. The number of anilines is 1. The van der Waals surface area contributed by atoms with Gasteiger partial charge in [-0.15, -0.1) is 0 Å². The van der Waals surface area contributed by atoms with E-state index in [1.807, 2.05) is 0 Å². The number of fused-ring (bicyclic) bond motifs is 1. The highest BCUT2D eigenvalue weighted by Gasteiger charge is 2.43. The van der Waals surface area contributed by atoms with Gasteiger partial charge in [-0.1, -0.05) is 18.2 Å². The zero-order valence-electron chi connectivity index (χ0n) is 8.59. The molecule has 2 aliphatic heterocycles. The lowest BCUT2D eigenvalue weighted by molar-refractivity contribution is 0.465. The van der Waals surface area contributed by atoms with Crippen molar-refractivity contribution >= 4 is 5.69 Å². The second-order valence-corrected chi connectivity index (χ2v) is 4.52. The minimum Gasteiger partial charge on any atom is -0.367 e. The summed E-state index contributed by atoms with van der Waals surface area (Å²) in [4.78, 5) is 2.47. The van der Waals surface area contributed by atoms with E-state index in [1.165, 1.54) is 30.6 Å². The van der Waals surface area contributed by atoms with Crippen molar-refractivity contribution in [3.63, 3.8) is 0 Å². The molecule has 1 N–H and O–H groups in total. The van der Waals surface area contributed by atoms with Crippen LogP contribution in [-0.2, 0) is 6.42 Å². The van der Waals surface area contributed by atoms with E-state index < -0.39 is 0 Å². The molecule has 2 heterocycles. The van der Waals surface area contributed by atoms with Crippen molar-refractivity contribution in [2.75, 3.05) is 25.0 Å². The number of nitrogens with one attached hydrogen (secondary N) is 1. The summed E-state index contributed by atoms with van der Waals surface area (Å²) in [5.41, 5.74) is 3.32. The predicted molar refractivity (Wildman–Crippen MR) is 58.8 cm³/mol. The third-order valence-electron chi connectivity index (χ3n) is 3.81. The minimum atomic E-state index is 0.379. The molecule has 0 saturated carbocycles. The van der Waals surface area contributed by atoms with Gasteiger partial charge >= 0.3 is 0 Å². The molecule has 0 radical (unpaired) electrons. The van der Waals surface area contributed by atoms with Gasteiger partial charge in [-0.2, -0.15) is 0 Å². The fourth-order valence-corrected chi connectivity index (χ4v) is 2.88. The number of hydrogen-bond donors (Lipinski definition) is 1. The van der Waals surface area contributed by atoms with Gasteiger partial charge in [-0.05, 0) is 31.0 Å². The van der Waals surface area contributed by atoms with Crippen molar-refractivity contribution in [2.24, 2.45) is 0 Å². The van der Waals surface area contributed by atoms with Crippen molar-refractivity contribution in [1.29, 1.82) is 0 Å². The van der Waals surface area contributed by atoms with Gasteiger partial charge in [0, 0.05) is 19.3 Å². The first-order valence-corrected chi connectivity index (χ1v) is 5.34. The number of para-hydroxylation sites is 1. The number of benzene rings is 1. The van der Waals surface area contributed by atoms with Crippen molar-refractivity contribution in [3.8, 4) is 0 Å². The molecule has 14 heavy (non-hydrogen) atoms. The Hall–Kier alpha value is -1.02. The zero-order valence-corrected chi connectivity index (χ0v) is 8.59. The summed E-state index contributed by atoms with van der Waals surface area (Å²) in [5.74, 6) is 0. The Balaban J connectivity index is 2.04. The Morgan fingerprint density at radius 3 is 2.93 bits per heavy atom. The predicted octanol–water partition coefficient (Wildman–Crippen LogP) is 1.41. The highest BCUT2D eigenvalue weighted by atomic mass is 15.2. The summed E-state index contributed by atoms with van der Waals surface area (Å²) in [6.07, 6.45) is 2.49. The SMILES string of the molecule is CN1c2ccccc2CC12CCNC2. The van der Waals surface area contributed by atoms with Crippen molar-refractivity contribution in [1.82, 2.24) is 5.32 Å². The molecule has 1 saturated heterocycles. The molecule has 3 rings (SSSR count). The Labute approximate surface area is 84.9 Å². The van der Waals surface area contributed by atoms with Crippen LogP contribution in [0.15, 0.2) is 24.3 Å². The van der Waals surface area contributed by atoms with Gasteiger partial charge in [0.1, 0.15) is 0 Å². The Kier molecular flexibility index (Phi) is 1.62. The highest BCUT2D eigenvalue weighted by molar-refractivity contribution is 5.61. The second kappa shape index (κ2) is 2.74. The zero-order chi connectivity index (χ0) is 9.60. The van der Waals surface area contributed by atoms with Gasteiger partial charge < -0.3 is 10.2 Å². The van der Waals surface area contributed by atoms with Gasteiger partial charge in [0.25, 0.3) is 0 Å². The summed E-state index contributed by atoms with van der Waals surface area (Å²) in [5, 5.41) is 3.48. The Morgan fingerprint density at radius 2 is 2.21 bits per heavy atom. The molecular formula is C12H16N2. The van der Waals surface area contributed by atoms with E-state index in [-0.39, 0.29) is 0 Å². The van der Waals surface area contributed by atoms with E-state index in [2.05, 4.69) is 41.5 Å². The summed E-state index contributed by atoms with van der Waals surface area (Å²) < 4.78 is 0. The molecule has 74 valence electrons. The lowest BCUT2D eigenvalue weighted by Crippen LogP contribution is -2.46. The first-order chi connectivity index (χ1) is 6.82. The molecule has 1 aromatic carbocycles. The van der Waals surface area contributed by atoms with Crippen LogP contribution in [0.3, 0.4) is 0 Å². The lowest BCUT2D eigenvalue weighted by atomic mass is 9.94. The third-order valence-corrected chi connectivity index (χ3v) is 3.81. The number of rotatable bonds is 0. The van der Waals surface area contributed by atoms with Gasteiger partial charge in [0.15, 0.2) is 0 Å². The van der Waals surface area contributed by atoms with E-state index in [0.29, 0.717) is 5.54 Å². The summed E-state index contributed by atoms with van der Waals surface area (Å²) in [7, 11) is 2.23. The molecule has 0 bridgehead atoms. The maximum atomic E-state index is 3.48. The smallest absolute Gasteiger partial charge is 0.0576 e. The van der Waals surface area contributed by atoms with E-state index in [0.717, 1.165) is 6.54 Å². The van der Waals surface area contributed by atoms with Crippen LogP contribution in [0.4, 0.5) is 5.69 Å². The quantitative estimate of drug-likeness (QED) is 0.662. The van der Waals surface area contributed by atoms with Crippen LogP contribution >= 0.6 is 0 Å². The topological polar surface area (TPSA) is 15.3 Å². The molecule has 0 amide bonds. The van der Waals surface area contributed by atoms with Crippen LogP contribution in [0.5, 0.6) is 0 Å². The highest BCUT2D eigenvalue weighted by Crippen LogP contribution is 2.40. The molecule has 1 unspecified atom stereocenters. The van der Waals surface area contributed by atoms with Crippen LogP contribution in [0.1, 0.15) is 12.0 Å². The van der Waals surface area contributed by atoms with Crippen molar-refractivity contribution in [3.05, 3.63) is 29.8 Å². The van der Waals surface area contributed by atoms with E-state index in [9.17, 15) is 0 Å². The van der Waals surface area contributed by atoms with Crippen LogP contribution in [0.2, 0.25) is 0 Å². The molecule has 1 aromatic rings. The van der Waals surface area contributed by atoms with Gasteiger partial charge in [-0.3, -0.25) is 0 Å². The maximum absolute atomic E-state index is 3.48. The molecule has 1 fully saturated rings. The first-order valence-electron chi connectivity index (χ1n) is 5.34. The third kappa shape index (κ3) is 0.947. The average molecular weight is 188 g/mol. The number of hydrogen-bond acceptors (Lipinski definition) is 2. The van der Waals surface area contributed by atoms with Crippen LogP contribution < -0.4 is 10.2 Å². The molecular weight excluding hydrogens is 172 g/mol. The van der Waals surface area contributed by atoms with Crippen molar-refractivity contribution < 1.29 is 0 Å². The molecule has 2 nitrogen and oxygen atoms in total. The summed E-state index contributed by atoms with van der Waals surface area (Å²) in [6.45, 7) is 2.30. The summed E-state index contributed by atoms with van der Waals surface area (Å²) in [6, 6.07) is 8.78. The molecule has 1 atom stereocenters. The molecule has 0 aromatic heterocycles. The van der Waals surface area contributed by atoms with Gasteiger partial charge in [0.05, 0.1) is 5.54 Å². The van der Waals surface area contributed by atoms with Crippen LogP contribution in [0, 0.1) is 0 Å². The fraction of sp³-hybridized carbons (Fsp3) is 0.500. The van der Waals surface area contributed by atoms with E-state index >= 15 is 0 Å². The fourth-order valence-electron chi connectivity index (χ4n) is 2.88. The Bertz CT molecular complexity index is 353. The van der Waals surface area contributed by atoms with Crippen molar-refractivity contribution in [2.45, 2.75) is 18.4 Å². The number of likely N-dealkylation sites (N-methyl/N-ethyl adjacent to an activating group) is 1. The van der Waals surface area contributed by atoms with E-state index in [1.54, 1.807) is 0 Å². The van der Waals surface area contributed by atoms with Gasteiger partial charge in [-0.25, -0.2) is 0 Å². The minimum absolute atomic E-state index is 0.379. The average Bonchev–Trinajstić information content (AvgIpc) is 2.77. The second-order valence-electron chi connectivity index (χ2n) is 4.52. The standard InChI is InChI=1S/C12H16N2/c1-14-11-5-3-2-4-10(11)8-12(14)6-7-13-9-12/h2-5,13H,6-9H2,1H3.